The average Bonchev–Trinajstić information content (AvgIpc) is 3.63. The minimum Gasteiger partial charge on any atom is -0.438 e. The first-order valence-electron chi connectivity index (χ1n) is 12.2. The zero-order valence-electron chi connectivity index (χ0n) is 20.4. The summed E-state index contributed by atoms with van der Waals surface area (Å²) in [6.07, 6.45) is 3.23. The highest BCUT2D eigenvalue weighted by atomic mass is 19.1. The summed E-state index contributed by atoms with van der Waals surface area (Å²) >= 11 is 0. The quantitative estimate of drug-likeness (QED) is 0.261. The second-order valence-electron chi connectivity index (χ2n) is 9.27. The maximum absolute atomic E-state index is 14.0. The van der Waals surface area contributed by atoms with Crippen molar-refractivity contribution >= 4 is 0 Å². The highest BCUT2D eigenvalue weighted by Crippen LogP contribution is 2.37. The molecule has 0 radical (unpaired) electrons. The topological polar surface area (TPSA) is 59.8 Å². The molecule has 3 aromatic rings. The van der Waals surface area contributed by atoms with Crippen LogP contribution in [0.25, 0.3) is 5.69 Å². The van der Waals surface area contributed by atoms with Gasteiger partial charge in [-0.3, -0.25) is 4.90 Å². The van der Waals surface area contributed by atoms with E-state index in [4.69, 9.17) is 14.6 Å². The third-order valence-corrected chi connectivity index (χ3v) is 5.94. The Balaban J connectivity index is 1.70. The molecule has 1 atom stereocenters. The van der Waals surface area contributed by atoms with Crippen LogP contribution in [0, 0.1) is 5.82 Å². The van der Waals surface area contributed by atoms with Crippen LogP contribution in [0.1, 0.15) is 43.9 Å². The van der Waals surface area contributed by atoms with Crippen molar-refractivity contribution in [2.75, 3.05) is 19.8 Å². The van der Waals surface area contributed by atoms with Gasteiger partial charge >= 0.3 is 0 Å². The zero-order chi connectivity index (χ0) is 24.8. The molecule has 1 fully saturated rings. The van der Waals surface area contributed by atoms with E-state index in [1.54, 1.807) is 22.9 Å². The van der Waals surface area contributed by atoms with Crippen LogP contribution in [0.3, 0.4) is 0 Å². The van der Waals surface area contributed by atoms with Crippen LogP contribution >= 0.6 is 0 Å². The molecule has 0 bridgehead atoms. The Hall–Kier alpha value is -3.00. The molecular formula is C28H34FN3O3. The normalized spacial score (nSPS) is 14.5. The Bertz CT molecular complexity index is 1110. The van der Waals surface area contributed by atoms with Crippen molar-refractivity contribution in [3.05, 3.63) is 84.3 Å². The second-order valence-corrected chi connectivity index (χ2v) is 9.27. The molecule has 0 amide bonds. The zero-order valence-corrected chi connectivity index (χ0v) is 20.4. The standard InChI is InChI=1S/C28H34FN3O3/c1-4-15-34-19-24(33)17-31(22-13-14-22)18-26-27(20(2)3)30-32(23-10-6-5-7-11-23)28(26)35-25-12-8-9-21(29)16-25/h4-12,16,20,22,24,33H,1,13-15,17-19H2,2-3H3/t24-/m0/s1. The Morgan fingerprint density at radius 1 is 1.20 bits per heavy atom. The van der Waals surface area contributed by atoms with Crippen molar-refractivity contribution in [3.63, 3.8) is 0 Å². The molecule has 0 saturated heterocycles. The number of hydrogen-bond acceptors (Lipinski definition) is 5. The smallest absolute Gasteiger partial charge is 0.227 e. The number of benzene rings is 2. The third kappa shape index (κ3) is 6.57. The number of aliphatic hydroxyl groups excluding tert-OH is 1. The van der Waals surface area contributed by atoms with Gasteiger partial charge in [-0.2, -0.15) is 5.10 Å². The molecule has 0 aliphatic heterocycles. The van der Waals surface area contributed by atoms with Crippen molar-refractivity contribution in [1.29, 1.82) is 0 Å². The van der Waals surface area contributed by atoms with Gasteiger partial charge in [-0.1, -0.05) is 44.2 Å². The van der Waals surface area contributed by atoms with Crippen molar-refractivity contribution in [2.45, 2.75) is 51.3 Å². The van der Waals surface area contributed by atoms with Gasteiger partial charge in [-0.05, 0) is 43.0 Å². The average molecular weight is 480 g/mol. The van der Waals surface area contributed by atoms with Gasteiger partial charge in [-0.25, -0.2) is 9.07 Å². The van der Waals surface area contributed by atoms with Crippen LogP contribution in [-0.4, -0.2) is 51.7 Å². The second kappa shape index (κ2) is 11.6. The highest BCUT2D eigenvalue weighted by Gasteiger charge is 2.33. The maximum Gasteiger partial charge on any atom is 0.227 e. The molecule has 1 heterocycles. The lowest BCUT2D eigenvalue weighted by Crippen LogP contribution is -2.36. The van der Waals surface area contributed by atoms with Gasteiger partial charge < -0.3 is 14.6 Å². The predicted molar refractivity (Wildman–Crippen MR) is 135 cm³/mol. The molecule has 1 N–H and O–H groups in total. The van der Waals surface area contributed by atoms with Gasteiger partial charge in [-0.15, -0.1) is 6.58 Å². The van der Waals surface area contributed by atoms with Gasteiger partial charge in [0.15, 0.2) is 0 Å². The number of para-hydroxylation sites is 1. The van der Waals surface area contributed by atoms with E-state index in [2.05, 4.69) is 25.3 Å². The van der Waals surface area contributed by atoms with Gasteiger partial charge in [0.2, 0.25) is 5.88 Å². The molecule has 0 spiro atoms. The summed E-state index contributed by atoms with van der Waals surface area (Å²) in [6.45, 7) is 9.57. The largest absolute Gasteiger partial charge is 0.438 e. The first-order valence-corrected chi connectivity index (χ1v) is 12.2. The first kappa shape index (κ1) is 25.1. The number of rotatable bonds is 13. The molecule has 7 heteroatoms. The maximum atomic E-state index is 14.0. The van der Waals surface area contributed by atoms with Crippen molar-refractivity contribution in [3.8, 4) is 17.3 Å². The molecular weight excluding hydrogens is 445 g/mol. The van der Waals surface area contributed by atoms with Gasteiger partial charge in [0.05, 0.1) is 36.3 Å². The van der Waals surface area contributed by atoms with Crippen molar-refractivity contribution < 1.29 is 19.0 Å². The summed E-state index contributed by atoms with van der Waals surface area (Å²) in [5, 5.41) is 15.5. The summed E-state index contributed by atoms with van der Waals surface area (Å²) in [5.74, 6) is 0.760. The number of ether oxygens (including phenoxy) is 2. The molecule has 186 valence electrons. The lowest BCUT2D eigenvalue weighted by molar-refractivity contribution is 0.0226. The molecule has 1 aromatic heterocycles. The van der Waals surface area contributed by atoms with E-state index < -0.39 is 6.10 Å². The van der Waals surface area contributed by atoms with Gasteiger partial charge in [0, 0.05) is 25.2 Å². The molecule has 1 aliphatic carbocycles. The summed E-state index contributed by atoms with van der Waals surface area (Å²) < 4.78 is 27.6. The van der Waals surface area contributed by atoms with Gasteiger partial charge in [0.1, 0.15) is 11.6 Å². The SMILES string of the molecule is C=CCOC[C@@H](O)CN(Cc1c(C(C)C)nn(-c2ccccc2)c1Oc1cccc(F)c1)C1CC1. The molecule has 2 aromatic carbocycles. The lowest BCUT2D eigenvalue weighted by Gasteiger charge is -2.25. The first-order chi connectivity index (χ1) is 17.0. The number of hydrogen-bond donors (Lipinski definition) is 1. The van der Waals surface area contributed by atoms with Crippen LogP contribution in [0.15, 0.2) is 67.3 Å². The summed E-state index contributed by atoms with van der Waals surface area (Å²) in [4.78, 5) is 2.28. The fraction of sp³-hybridized carbons (Fsp3) is 0.393. The number of aromatic nitrogens is 2. The van der Waals surface area contributed by atoms with E-state index in [-0.39, 0.29) is 18.3 Å². The van der Waals surface area contributed by atoms with E-state index in [0.717, 1.165) is 29.8 Å². The fourth-order valence-electron chi connectivity index (χ4n) is 4.15. The molecule has 1 aliphatic rings. The highest BCUT2D eigenvalue weighted by molar-refractivity contribution is 5.44. The monoisotopic (exact) mass is 479 g/mol. The Kier molecular flexibility index (Phi) is 8.33. The minimum absolute atomic E-state index is 0.145. The number of aliphatic hydroxyl groups is 1. The van der Waals surface area contributed by atoms with Crippen molar-refractivity contribution in [1.82, 2.24) is 14.7 Å². The van der Waals surface area contributed by atoms with E-state index >= 15 is 0 Å². The molecule has 6 nitrogen and oxygen atoms in total. The summed E-state index contributed by atoms with van der Waals surface area (Å²) in [7, 11) is 0. The Morgan fingerprint density at radius 3 is 2.63 bits per heavy atom. The van der Waals surface area contributed by atoms with Crippen LogP contribution in [0.5, 0.6) is 11.6 Å². The molecule has 35 heavy (non-hydrogen) atoms. The number of halogens is 1. The van der Waals surface area contributed by atoms with Crippen LogP contribution in [0.2, 0.25) is 0 Å². The van der Waals surface area contributed by atoms with E-state index in [1.807, 2.05) is 30.3 Å². The van der Waals surface area contributed by atoms with Crippen molar-refractivity contribution in [2.24, 2.45) is 0 Å². The van der Waals surface area contributed by atoms with E-state index in [9.17, 15) is 9.50 Å². The third-order valence-electron chi connectivity index (χ3n) is 5.94. The number of nitrogens with zero attached hydrogens (tertiary/aromatic N) is 3. The summed E-state index contributed by atoms with van der Waals surface area (Å²) in [6, 6.07) is 16.3. The van der Waals surface area contributed by atoms with E-state index in [0.29, 0.717) is 37.4 Å². The van der Waals surface area contributed by atoms with E-state index in [1.165, 1.54) is 12.1 Å². The molecule has 1 saturated carbocycles. The Labute approximate surface area is 206 Å². The fourth-order valence-corrected chi connectivity index (χ4v) is 4.15. The van der Waals surface area contributed by atoms with Crippen LogP contribution in [-0.2, 0) is 11.3 Å². The predicted octanol–water partition coefficient (Wildman–Crippen LogP) is 5.46. The molecule has 4 rings (SSSR count). The Morgan fingerprint density at radius 2 is 1.97 bits per heavy atom. The summed E-state index contributed by atoms with van der Waals surface area (Å²) in [5.41, 5.74) is 2.73. The minimum atomic E-state index is -0.616. The van der Waals surface area contributed by atoms with Crippen LogP contribution in [0.4, 0.5) is 4.39 Å². The lowest BCUT2D eigenvalue weighted by atomic mass is 10.1. The van der Waals surface area contributed by atoms with Crippen LogP contribution < -0.4 is 4.74 Å². The molecule has 0 unspecified atom stereocenters. The van der Waals surface area contributed by atoms with Gasteiger partial charge in [0.25, 0.3) is 0 Å².